The molecule has 0 radical (unpaired) electrons. The van der Waals surface area contributed by atoms with Crippen molar-refractivity contribution < 1.29 is 27.6 Å². The Labute approximate surface area is 205 Å². The summed E-state index contributed by atoms with van der Waals surface area (Å²) in [6, 6.07) is 14.4. The maximum absolute atomic E-state index is 14.8. The molecule has 0 spiro atoms. The Morgan fingerprint density at radius 3 is 2.37 bits per heavy atom. The third-order valence-corrected chi connectivity index (χ3v) is 6.63. The largest absolute Gasteiger partial charge is 0.425 e. The summed E-state index contributed by atoms with van der Waals surface area (Å²) < 4.78 is 44.5. The number of nitrogens with zero attached hydrogens (tertiary/aromatic N) is 1. The summed E-state index contributed by atoms with van der Waals surface area (Å²) in [7, 11) is 0. The minimum atomic E-state index is -5.25. The molecule has 2 aromatic rings. The molecule has 0 fully saturated rings. The van der Waals surface area contributed by atoms with Gasteiger partial charge in [-0.3, -0.25) is 14.4 Å². The molecule has 184 valence electrons. The van der Waals surface area contributed by atoms with Gasteiger partial charge in [0.05, 0.1) is 5.57 Å². The number of Topliss-reactive ketones (excluding diaryl/α,β-unsaturated/α-hetero) is 1. The third kappa shape index (κ3) is 4.47. The zero-order chi connectivity index (χ0) is 25.6. The predicted octanol–water partition coefficient (Wildman–Crippen LogP) is 5.10. The van der Waals surface area contributed by atoms with Crippen LogP contribution in [-0.4, -0.2) is 40.8 Å². The van der Waals surface area contributed by atoms with Crippen LogP contribution < -0.4 is 5.32 Å². The van der Waals surface area contributed by atoms with Crippen molar-refractivity contribution >= 4 is 29.2 Å². The highest BCUT2D eigenvalue weighted by atomic mass is 35.5. The smallest absolute Gasteiger partial charge is 0.326 e. The lowest BCUT2D eigenvalue weighted by Crippen LogP contribution is -2.66. The number of hydrogen-bond donors (Lipinski definition) is 1. The Morgan fingerprint density at radius 2 is 1.74 bits per heavy atom. The summed E-state index contributed by atoms with van der Waals surface area (Å²) in [6.45, 7) is 3.48. The fourth-order valence-electron chi connectivity index (χ4n) is 4.82. The van der Waals surface area contributed by atoms with Crippen molar-refractivity contribution in [2.24, 2.45) is 5.41 Å². The molecular weight excluding hydrogens is 481 g/mol. The molecule has 0 saturated carbocycles. The lowest BCUT2D eigenvalue weighted by molar-refractivity contribution is -0.190. The first-order chi connectivity index (χ1) is 16.4. The van der Waals surface area contributed by atoms with Crippen LogP contribution in [0.4, 0.5) is 13.2 Å². The van der Waals surface area contributed by atoms with Crippen LogP contribution in [0.3, 0.4) is 0 Å². The molecule has 0 aromatic heterocycles. The molecule has 1 N–H and O–H groups in total. The van der Waals surface area contributed by atoms with Gasteiger partial charge in [-0.05, 0) is 42.0 Å². The van der Waals surface area contributed by atoms with E-state index in [0.717, 1.165) is 10.5 Å². The zero-order valence-corrected chi connectivity index (χ0v) is 20.0. The molecule has 2 amide bonds. The molecule has 9 heteroatoms. The monoisotopic (exact) mass is 504 g/mol. The average Bonchev–Trinajstić information content (AvgIpc) is 3.00. The number of allylic oxidation sites excluding steroid dienone is 1. The Morgan fingerprint density at radius 1 is 1.06 bits per heavy atom. The third-order valence-electron chi connectivity index (χ3n) is 6.40. The van der Waals surface area contributed by atoms with Crippen LogP contribution in [0.5, 0.6) is 0 Å². The molecular formula is C26H24ClF3N2O3. The van der Waals surface area contributed by atoms with Gasteiger partial charge in [-0.25, -0.2) is 0 Å². The van der Waals surface area contributed by atoms with Gasteiger partial charge in [-0.1, -0.05) is 61.8 Å². The molecule has 35 heavy (non-hydrogen) atoms. The van der Waals surface area contributed by atoms with Gasteiger partial charge in [0.25, 0.3) is 11.8 Å². The highest BCUT2D eigenvalue weighted by Crippen LogP contribution is 2.51. The summed E-state index contributed by atoms with van der Waals surface area (Å²) in [6.07, 6.45) is -5.04. The molecule has 2 aromatic carbocycles. The first kappa shape index (κ1) is 25.0. The average molecular weight is 505 g/mol. The van der Waals surface area contributed by atoms with E-state index in [1.165, 1.54) is 24.3 Å². The van der Waals surface area contributed by atoms with Crippen molar-refractivity contribution in [1.29, 1.82) is 0 Å². The Hall–Kier alpha value is -3.13. The maximum Gasteiger partial charge on any atom is 0.425 e. The minimum absolute atomic E-state index is 0.0240. The number of nitrogens with one attached hydrogen (secondary N) is 1. The Bertz CT molecular complexity index is 1220. The Kier molecular flexibility index (Phi) is 6.30. The van der Waals surface area contributed by atoms with E-state index >= 15 is 0 Å². The lowest BCUT2D eigenvalue weighted by atomic mass is 9.72. The van der Waals surface area contributed by atoms with Crippen molar-refractivity contribution in [2.75, 3.05) is 6.54 Å². The number of amides is 2. The van der Waals surface area contributed by atoms with Crippen LogP contribution in [0.15, 0.2) is 65.9 Å². The van der Waals surface area contributed by atoms with E-state index in [-0.39, 0.29) is 42.1 Å². The topological polar surface area (TPSA) is 66.5 Å². The molecule has 2 aliphatic rings. The standard InChI is InChI=1S/C26H24ClF3N2O3/c1-24(2)14-19-21(20(33)15-24)25(26(28,29)30,31-22(34)17-9-6-10-18(27)13-17)23(35)32(19)12-11-16-7-4-3-5-8-16/h3-10,13H,11-12,14-15H2,1-2H3,(H,31,34)/t25-/m1/s1. The minimum Gasteiger partial charge on any atom is -0.326 e. The number of halogens is 4. The van der Waals surface area contributed by atoms with Crippen molar-refractivity contribution in [3.05, 3.63) is 82.0 Å². The summed E-state index contributed by atoms with van der Waals surface area (Å²) in [5.74, 6) is -3.31. The molecule has 1 aliphatic carbocycles. The van der Waals surface area contributed by atoms with Gasteiger partial charge >= 0.3 is 6.18 Å². The highest BCUT2D eigenvalue weighted by Gasteiger charge is 2.71. The second-order valence-electron chi connectivity index (χ2n) is 9.67. The number of rotatable bonds is 5. The van der Waals surface area contributed by atoms with Crippen molar-refractivity contribution in [3.8, 4) is 0 Å². The van der Waals surface area contributed by atoms with Gasteiger partial charge in [0, 0.05) is 29.2 Å². The first-order valence-corrected chi connectivity index (χ1v) is 11.5. The summed E-state index contributed by atoms with van der Waals surface area (Å²) in [4.78, 5) is 40.8. The maximum atomic E-state index is 14.8. The summed E-state index contributed by atoms with van der Waals surface area (Å²) in [5.41, 5.74) is -4.08. The van der Waals surface area contributed by atoms with Crippen LogP contribution in [-0.2, 0) is 16.0 Å². The molecule has 0 bridgehead atoms. The van der Waals surface area contributed by atoms with Crippen molar-refractivity contribution in [3.63, 3.8) is 0 Å². The number of carbonyl (C=O) groups is 3. The molecule has 0 unspecified atom stereocenters. The number of ketones is 1. The van der Waals surface area contributed by atoms with Crippen molar-refractivity contribution in [1.82, 2.24) is 10.2 Å². The normalized spacial score (nSPS) is 21.8. The SMILES string of the molecule is CC1(C)CC(=O)C2=C(C1)N(CCc1ccccc1)C(=O)[C@@]2(NC(=O)c1cccc(Cl)c1)C(F)(F)F. The number of hydrogen-bond acceptors (Lipinski definition) is 3. The van der Waals surface area contributed by atoms with E-state index in [0.29, 0.717) is 0 Å². The lowest BCUT2D eigenvalue weighted by Gasteiger charge is -2.35. The fourth-order valence-corrected chi connectivity index (χ4v) is 5.01. The number of carbonyl (C=O) groups excluding carboxylic acids is 3. The summed E-state index contributed by atoms with van der Waals surface area (Å²) in [5, 5.41) is 2.07. The van der Waals surface area contributed by atoms with Crippen molar-refractivity contribution in [2.45, 2.75) is 44.8 Å². The zero-order valence-electron chi connectivity index (χ0n) is 19.2. The van der Waals surface area contributed by atoms with Crippen LogP contribution in [0.1, 0.15) is 42.6 Å². The molecule has 1 atom stereocenters. The van der Waals surface area contributed by atoms with Gasteiger partial charge in [0.2, 0.25) is 5.54 Å². The van der Waals surface area contributed by atoms with Crippen LogP contribution >= 0.6 is 11.6 Å². The molecule has 4 rings (SSSR count). The second-order valence-corrected chi connectivity index (χ2v) is 10.1. The number of alkyl halides is 3. The molecule has 0 saturated heterocycles. The van der Waals surface area contributed by atoms with Gasteiger partial charge in [0.1, 0.15) is 0 Å². The summed E-state index contributed by atoms with van der Waals surface area (Å²) >= 11 is 5.91. The van der Waals surface area contributed by atoms with Crippen LogP contribution in [0.2, 0.25) is 5.02 Å². The fraction of sp³-hybridized carbons (Fsp3) is 0.346. The molecule has 5 nitrogen and oxygen atoms in total. The van der Waals surface area contributed by atoms with E-state index < -0.39 is 40.3 Å². The highest BCUT2D eigenvalue weighted by molar-refractivity contribution is 6.31. The van der Waals surface area contributed by atoms with Gasteiger partial charge < -0.3 is 10.2 Å². The first-order valence-electron chi connectivity index (χ1n) is 11.1. The predicted molar refractivity (Wildman–Crippen MR) is 125 cm³/mol. The Balaban J connectivity index is 1.81. The molecule has 1 heterocycles. The molecule has 1 aliphatic heterocycles. The van der Waals surface area contributed by atoms with Crippen LogP contribution in [0, 0.1) is 5.41 Å². The van der Waals surface area contributed by atoms with E-state index in [9.17, 15) is 27.6 Å². The van der Waals surface area contributed by atoms with E-state index in [1.807, 2.05) is 23.5 Å². The van der Waals surface area contributed by atoms with Gasteiger partial charge in [0.15, 0.2) is 5.78 Å². The van der Waals surface area contributed by atoms with Gasteiger partial charge in [-0.15, -0.1) is 0 Å². The van der Waals surface area contributed by atoms with E-state index in [1.54, 1.807) is 26.0 Å². The second kappa shape index (κ2) is 8.82. The number of benzene rings is 2. The quantitative estimate of drug-likeness (QED) is 0.616. The van der Waals surface area contributed by atoms with Gasteiger partial charge in [-0.2, -0.15) is 13.2 Å². The van der Waals surface area contributed by atoms with Crippen LogP contribution in [0.25, 0.3) is 0 Å². The van der Waals surface area contributed by atoms with E-state index in [2.05, 4.69) is 0 Å². The van der Waals surface area contributed by atoms with E-state index in [4.69, 9.17) is 11.6 Å².